The second-order valence-electron chi connectivity index (χ2n) is 6.96. The summed E-state index contributed by atoms with van der Waals surface area (Å²) in [5, 5.41) is 5.57. The Kier molecular flexibility index (Phi) is 5.08. The number of rotatable bonds is 4. The number of nitrogens with one attached hydrogen (secondary N) is 2. The van der Waals surface area contributed by atoms with Crippen LogP contribution in [0.3, 0.4) is 0 Å². The maximum absolute atomic E-state index is 14.4. The molecule has 0 spiro atoms. The quantitative estimate of drug-likeness (QED) is 0.601. The van der Waals surface area contributed by atoms with E-state index >= 15 is 0 Å². The maximum Gasteiger partial charge on any atom is 0.258 e. The lowest BCUT2D eigenvalue weighted by Gasteiger charge is -2.36. The minimum atomic E-state index is -0.868. The van der Waals surface area contributed by atoms with Crippen molar-refractivity contribution in [1.29, 1.82) is 0 Å². The number of amides is 3. The van der Waals surface area contributed by atoms with Crippen LogP contribution in [0.1, 0.15) is 42.8 Å². The second-order valence-corrected chi connectivity index (χ2v) is 6.96. The Morgan fingerprint density at radius 2 is 1.94 bits per heavy atom. The number of nitrogens with two attached hydrogens (primary N) is 1. The molecule has 0 saturated carbocycles. The van der Waals surface area contributed by atoms with E-state index in [1.54, 1.807) is 54.5 Å². The lowest BCUT2D eigenvalue weighted by atomic mass is 10.0. The molecule has 4 rings (SSSR count). The zero-order chi connectivity index (χ0) is 22.1. The van der Waals surface area contributed by atoms with Crippen molar-refractivity contribution in [3.05, 3.63) is 88.9 Å². The Morgan fingerprint density at radius 3 is 2.68 bits per heavy atom. The van der Waals surface area contributed by atoms with Gasteiger partial charge >= 0.3 is 0 Å². The Hall–Kier alpha value is -4.27. The molecule has 1 aliphatic rings. The van der Waals surface area contributed by atoms with Crippen molar-refractivity contribution in [3.63, 3.8) is 0 Å². The molecule has 0 saturated heterocycles. The topological polar surface area (TPSA) is 117 Å². The molecule has 156 valence electrons. The predicted octanol–water partition coefficient (Wildman–Crippen LogP) is 2.45. The summed E-state index contributed by atoms with van der Waals surface area (Å²) in [6, 6.07) is 13.6. The molecule has 31 heavy (non-hydrogen) atoms. The van der Waals surface area contributed by atoms with E-state index in [1.165, 1.54) is 12.1 Å². The molecule has 1 aromatic heterocycles. The summed E-state index contributed by atoms with van der Waals surface area (Å²) in [6.45, 7) is 0. The number of para-hydroxylation sites is 1. The zero-order valence-electron chi connectivity index (χ0n) is 16.4. The molecule has 0 bridgehead atoms. The predicted molar refractivity (Wildman–Crippen MR) is 112 cm³/mol. The SMILES string of the molecule is CN1c2ncccc2C(=O)NC1c1ccccc1NC(=O)c1ccc(C(N)=O)cc1F. The minimum Gasteiger partial charge on any atom is -0.366 e. The second kappa shape index (κ2) is 7.86. The van der Waals surface area contributed by atoms with Crippen molar-refractivity contribution >= 4 is 29.2 Å². The first-order valence-corrected chi connectivity index (χ1v) is 9.35. The number of primary amides is 1. The van der Waals surface area contributed by atoms with Crippen LogP contribution in [0, 0.1) is 5.82 Å². The Balaban J connectivity index is 1.65. The number of aromatic nitrogens is 1. The fourth-order valence-electron chi connectivity index (χ4n) is 3.45. The molecule has 3 amide bonds. The Labute approximate surface area is 176 Å². The van der Waals surface area contributed by atoms with Crippen LogP contribution < -0.4 is 21.3 Å². The first-order valence-electron chi connectivity index (χ1n) is 9.35. The van der Waals surface area contributed by atoms with Crippen LogP contribution in [0.15, 0.2) is 60.8 Å². The highest BCUT2D eigenvalue weighted by molar-refractivity contribution is 6.06. The number of fused-ring (bicyclic) bond motifs is 1. The molecule has 0 radical (unpaired) electrons. The van der Waals surface area contributed by atoms with Crippen molar-refractivity contribution in [2.24, 2.45) is 5.73 Å². The van der Waals surface area contributed by atoms with Gasteiger partial charge in [-0.2, -0.15) is 0 Å². The minimum absolute atomic E-state index is 0.0350. The van der Waals surface area contributed by atoms with E-state index < -0.39 is 23.8 Å². The highest BCUT2D eigenvalue weighted by atomic mass is 19.1. The number of benzene rings is 2. The van der Waals surface area contributed by atoms with Crippen LogP contribution in [-0.4, -0.2) is 29.8 Å². The normalized spacial score (nSPS) is 15.1. The monoisotopic (exact) mass is 419 g/mol. The molecule has 1 unspecified atom stereocenters. The van der Waals surface area contributed by atoms with Crippen molar-refractivity contribution in [2.75, 3.05) is 17.3 Å². The Morgan fingerprint density at radius 1 is 1.16 bits per heavy atom. The molecule has 2 heterocycles. The number of carbonyl (C=O) groups excluding carboxylic acids is 3. The van der Waals surface area contributed by atoms with E-state index in [0.29, 0.717) is 22.6 Å². The van der Waals surface area contributed by atoms with Gasteiger partial charge in [-0.25, -0.2) is 9.37 Å². The van der Waals surface area contributed by atoms with Gasteiger partial charge in [0.2, 0.25) is 5.91 Å². The van der Waals surface area contributed by atoms with Crippen LogP contribution in [0.2, 0.25) is 0 Å². The highest BCUT2D eigenvalue weighted by Crippen LogP contribution is 2.33. The summed E-state index contributed by atoms with van der Waals surface area (Å²) in [7, 11) is 1.77. The maximum atomic E-state index is 14.4. The van der Waals surface area contributed by atoms with E-state index in [1.807, 2.05) is 0 Å². The molecule has 0 aliphatic carbocycles. The molecule has 2 aromatic carbocycles. The average molecular weight is 419 g/mol. The van der Waals surface area contributed by atoms with Gasteiger partial charge in [0.05, 0.1) is 11.1 Å². The number of hydrogen-bond acceptors (Lipinski definition) is 5. The summed E-state index contributed by atoms with van der Waals surface area (Å²) >= 11 is 0. The molecular weight excluding hydrogens is 401 g/mol. The van der Waals surface area contributed by atoms with Crippen LogP contribution in [0.4, 0.5) is 15.9 Å². The standard InChI is InChI=1S/C22H18FN5O3/c1-28-19-15(6-4-10-25-19)22(31)27-20(28)14-5-2-3-7-17(14)26-21(30)13-9-8-12(18(24)29)11-16(13)23/h2-11,20H,1H3,(H2,24,29)(H,26,30)(H,27,31). The highest BCUT2D eigenvalue weighted by Gasteiger charge is 2.32. The fraction of sp³-hybridized carbons (Fsp3) is 0.0909. The smallest absolute Gasteiger partial charge is 0.258 e. The summed E-state index contributed by atoms with van der Waals surface area (Å²) in [5.41, 5.74) is 6.29. The van der Waals surface area contributed by atoms with Gasteiger partial charge in [0.1, 0.15) is 17.8 Å². The number of halogens is 1. The largest absolute Gasteiger partial charge is 0.366 e. The van der Waals surface area contributed by atoms with E-state index in [9.17, 15) is 18.8 Å². The number of hydrogen-bond donors (Lipinski definition) is 3. The van der Waals surface area contributed by atoms with Crippen molar-refractivity contribution < 1.29 is 18.8 Å². The van der Waals surface area contributed by atoms with Crippen molar-refractivity contribution in [3.8, 4) is 0 Å². The van der Waals surface area contributed by atoms with Crippen LogP contribution in [0.5, 0.6) is 0 Å². The summed E-state index contributed by atoms with van der Waals surface area (Å²) in [6.07, 6.45) is 0.991. The molecular formula is C22H18FN5O3. The number of carbonyl (C=O) groups is 3. The lowest BCUT2D eigenvalue weighted by molar-refractivity contribution is 0.0926. The van der Waals surface area contributed by atoms with E-state index in [-0.39, 0.29) is 17.0 Å². The van der Waals surface area contributed by atoms with Gasteiger partial charge in [-0.05, 0) is 36.4 Å². The van der Waals surface area contributed by atoms with Crippen LogP contribution in [0.25, 0.3) is 0 Å². The van der Waals surface area contributed by atoms with Gasteiger partial charge in [-0.3, -0.25) is 14.4 Å². The molecule has 1 aliphatic heterocycles. The van der Waals surface area contributed by atoms with Crippen molar-refractivity contribution in [1.82, 2.24) is 10.3 Å². The fourth-order valence-corrected chi connectivity index (χ4v) is 3.45. The molecule has 4 N–H and O–H groups in total. The molecule has 8 nitrogen and oxygen atoms in total. The molecule has 0 fully saturated rings. The van der Waals surface area contributed by atoms with Gasteiger partial charge < -0.3 is 21.3 Å². The molecule has 9 heteroatoms. The summed E-state index contributed by atoms with van der Waals surface area (Å²) < 4.78 is 14.4. The van der Waals surface area contributed by atoms with E-state index in [4.69, 9.17) is 5.73 Å². The Bertz CT molecular complexity index is 1210. The zero-order valence-corrected chi connectivity index (χ0v) is 16.4. The third-order valence-corrected chi connectivity index (χ3v) is 5.02. The number of pyridine rings is 1. The van der Waals surface area contributed by atoms with Crippen LogP contribution >= 0.6 is 0 Å². The van der Waals surface area contributed by atoms with Gasteiger partial charge in [0, 0.05) is 30.1 Å². The van der Waals surface area contributed by atoms with Gasteiger partial charge in [0.15, 0.2) is 0 Å². The molecule has 1 atom stereocenters. The summed E-state index contributed by atoms with van der Waals surface area (Å²) in [4.78, 5) is 42.5. The van der Waals surface area contributed by atoms with Crippen molar-refractivity contribution in [2.45, 2.75) is 6.17 Å². The lowest BCUT2D eigenvalue weighted by Crippen LogP contribution is -2.45. The van der Waals surface area contributed by atoms with E-state index in [2.05, 4.69) is 15.6 Å². The molecule has 3 aromatic rings. The number of anilines is 2. The number of nitrogens with zero attached hydrogens (tertiary/aromatic N) is 2. The van der Waals surface area contributed by atoms with Gasteiger partial charge in [0.25, 0.3) is 11.8 Å². The third kappa shape index (κ3) is 3.68. The van der Waals surface area contributed by atoms with E-state index in [0.717, 1.165) is 6.07 Å². The average Bonchev–Trinajstić information content (AvgIpc) is 2.76. The summed E-state index contributed by atoms with van der Waals surface area (Å²) in [5.74, 6) is -2.15. The third-order valence-electron chi connectivity index (χ3n) is 5.02. The van der Waals surface area contributed by atoms with Crippen LogP contribution in [-0.2, 0) is 0 Å². The van der Waals surface area contributed by atoms with Gasteiger partial charge in [-0.15, -0.1) is 0 Å². The first-order chi connectivity index (χ1) is 14.9. The first kappa shape index (κ1) is 20.0. The van der Waals surface area contributed by atoms with Gasteiger partial charge in [-0.1, -0.05) is 18.2 Å².